The molecule has 5 unspecified atom stereocenters. The maximum absolute atomic E-state index is 12.1. The summed E-state index contributed by atoms with van der Waals surface area (Å²) < 4.78 is 30.4. The molecule has 2 fully saturated rings. The van der Waals surface area contributed by atoms with Crippen LogP contribution in [0.25, 0.3) is 11.2 Å². The third-order valence-electron chi connectivity index (χ3n) is 4.80. The van der Waals surface area contributed by atoms with Gasteiger partial charge in [-0.15, -0.1) is 0 Å². The van der Waals surface area contributed by atoms with Crippen molar-refractivity contribution in [2.75, 3.05) is 39.3 Å². The van der Waals surface area contributed by atoms with Gasteiger partial charge in [0.15, 0.2) is 17.5 Å². The number of hydrogen-bond acceptors (Lipinski definition) is 9. The number of hydrogen-bond donors (Lipinski definition) is 2. The summed E-state index contributed by atoms with van der Waals surface area (Å²) in [5.74, 6) is 0.0247. The minimum atomic E-state index is -0.390. The lowest BCUT2D eigenvalue weighted by Crippen LogP contribution is -2.58. The van der Waals surface area contributed by atoms with Crippen LogP contribution < -0.4 is 11.3 Å². The van der Waals surface area contributed by atoms with Crippen LogP contribution in [0.15, 0.2) is 11.1 Å². The van der Waals surface area contributed by atoms with Gasteiger partial charge in [0.2, 0.25) is 5.95 Å². The lowest BCUT2D eigenvalue weighted by molar-refractivity contribution is -0.303. The van der Waals surface area contributed by atoms with Gasteiger partial charge in [-0.1, -0.05) is 0 Å². The van der Waals surface area contributed by atoms with Crippen LogP contribution in [0.4, 0.5) is 5.95 Å². The number of methoxy groups -OCH3 is 1. The van der Waals surface area contributed by atoms with Crippen molar-refractivity contribution in [3.63, 3.8) is 0 Å². The maximum atomic E-state index is 12.1. The lowest BCUT2D eigenvalue weighted by atomic mass is 9.97. The first-order valence-electron chi connectivity index (χ1n) is 8.80. The number of nitrogen functional groups attached to an aromatic ring is 1. The largest absolute Gasteiger partial charge is 0.382 e. The molecule has 11 heteroatoms. The highest BCUT2D eigenvalue weighted by molar-refractivity contribution is 5.70. The molecular weight excluding hydrogens is 358 g/mol. The third kappa shape index (κ3) is 3.44. The van der Waals surface area contributed by atoms with Gasteiger partial charge in [0, 0.05) is 7.11 Å². The summed E-state index contributed by atoms with van der Waals surface area (Å²) >= 11 is 0. The van der Waals surface area contributed by atoms with E-state index in [0.29, 0.717) is 32.1 Å². The molecule has 2 aliphatic heterocycles. The Kier molecular flexibility index (Phi) is 5.10. The number of aromatic amines is 1. The van der Waals surface area contributed by atoms with E-state index in [2.05, 4.69) is 15.0 Å². The Morgan fingerprint density at radius 1 is 1.37 bits per heavy atom. The standard InChI is InChI=1S/C16H23N5O6/c1-8-25-6-10-13(27-8)12(24-4-3-23-2)9(5-26-10)21-7-18-11-14(21)19-16(17)20-15(11)22/h7-10,12-13H,3-6H2,1-2H3,(H3,17,19,20,22). The molecule has 0 spiro atoms. The molecule has 2 saturated heterocycles. The van der Waals surface area contributed by atoms with Crippen LogP contribution >= 0.6 is 0 Å². The van der Waals surface area contributed by atoms with Crippen LogP contribution in [0.2, 0.25) is 0 Å². The van der Waals surface area contributed by atoms with Crippen molar-refractivity contribution < 1.29 is 23.7 Å². The monoisotopic (exact) mass is 381 g/mol. The minimum Gasteiger partial charge on any atom is -0.382 e. The molecule has 11 nitrogen and oxygen atoms in total. The van der Waals surface area contributed by atoms with Crippen LogP contribution in [0, 0.1) is 0 Å². The van der Waals surface area contributed by atoms with E-state index >= 15 is 0 Å². The van der Waals surface area contributed by atoms with E-state index in [1.54, 1.807) is 18.0 Å². The normalized spacial score (nSPS) is 31.1. The van der Waals surface area contributed by atoms with E-state index in [1.165, 1.54) is 0 Å². The minimum absolute atomic E-state index is 0.0247. The first kappa shape index (κ1) is 18.3. The fourth-order valence-corrected chi connectivity index (χ4v) is 3.54. The molecule has 2 aromatic rings. The Morgan fingerprint density at radius 3 is 3.04 bits per heavy atom. The molecule has 27 heavy (non-hydrogen) atoms. The summed E-state index contributed by atoms with van der Waals surface area (Å²) in [7, 11) is 1.61. The smallest absolute Gasteiger partial charge is 0.280 e. The molecule has 2 aromatic heterocycles. The molecule has 3 N–H and O–H groups in total. The molecule has 5 atom stereocenters. The average molecular weight is 381 g/mol. The number of nitrogens with two attached hydrogens (primary N) is 1. The van der Waals surface area contributed by atoms with Crippen molar-refractivity contribution >= 4 is 17.1 Å². The van der Waals surface area contributed by atoms with Crippen LogP contribution in [-0.4, -0.2) is 77.7 Å². The van der Waals surface area contributed by atoms with Crippen molar-refractivity contribution in [2.45, 2.75) is 37.6 Å². The number of imidazole rings is 1. The highest BCUT2D eigenvalue weighted by atomic mass is 16.7. The number of nitrogens with zero attached hydrogens (tertiary/aromatic N) is 3. The summed E-state index contributed by atoms with van der Waals surface area (Å²) in [6, 6.07) is -0.299. The lowest BCUT2D eigenvalue weighted by Gasteiger charge is -2.46. The van der Waals surface area contributed by atoms with E-state index in [1.807, 2.05) is 6.92 Å². The van der Waals surface area contributed by atoms with E-state index in [-0.39, 0.29) is 42.1 Å². The van der Waals surface area contributed by atoms with Crippen LogP contribution in [0.3, 0.4) is 0 Å². The van der Waals surface area contributed by atoms with Gasteiger partial charge < -0.3 is 34.0 Å². The molecule has 0 radical (unpaired) electrons. The second kappa shape index (κ2) is 7.52. The van der Waals surface area contributed by atoms with Gasteiger partial charge in [-0.2, -0.15) is 4.98 Å². The van der Waals surface area contributed by atoms with Crippen LogP contribution in [0.5, 0.6) is 0 Å². The van der Waals surface area contributed by atoms with Gasteiger partial charge in [0.25, 0.3) is 5.56 Å². The fourth-order valence-electron chi connectivity index (χ4n) is 3.54. The molecular formula is C16H23N5O6. The number of rotatable bonds is 5. The highest BCUT2D eigenvalue weighted by Crippen LogP contribution is 2.33. The van der Waals surface area contributed by atoms with Gasteiger partial charge >= 0.3 is 0 Å². The zero-order valence-corrected chi connectivity index (χ0v) is 15.2. The first-order chi connectivity index (χ1) is 13.1. The summed E-state index contributed by atoms with van der Waals surface area (Å²) in [6.45, 7) is 3.43. The van der Waals surface area contributed by atoms with Crippen molar-refractivity contribution in [3.8, 4) is 0 Å². The third-order valence-corrected chi connectivity index (χ3v) is 4.80. The van der Waals surface area contributed by atoms with Crippen molar-refractivity contribution in [2.24, 2.45) is 0 Å². The molecule has 0 saturated carbocycles. The number of H-pyrrole nitrogens is 1. The Hall–Kier alpha value is -2.05. The molecule has 2 aliphatic rings. The molecule has 4 rings (SSSR count). The van der Waals surface area contributed by atoms with Crippen molar-refractivity contribution in [3.05, 3.63) is 16.7 Å². The topological polar surface area (TPSA) is 136 Å². The zero-order chi connectivity index (χ0) is 19.0. The summed E-state index contributed by atoms with van der Waals surface area (Å²) in [5.41, 5.74) is 5.91. The molecule has 0 aromatic carbocycles. The average Bonchev–Trinajstić information content (AvgIpc) is 3.06. The number of ether oxygens (including phenoxy) is 5. The highest BCUT2D eigenvalue weighted by Gasteiger charge is 2.46. The quantitative estimate of drug-likeness (QED) is 0.653. The van der Waals surface area contributed by atoms with E-state index in [0.717, 1.165) is 0 Å². The van der Waals surface area contributed by atoms with Gasteiger partial charge in [-0.05, 0) is 6.92 Å². The Balaban J connectivity index is 1.70. The summed E-state index contributed by atoms with van der Waals surface area (Å²) in [5, 5.41) is 0. The fraction of sp³-hybridized carbons (Fsp3) is 0.688. The number of anilines is 1. The van der Waals surface area contributed by atoms with E-state index < -0.39 is 5.56 Å². The van der Waals surface area contributed by atoms with Gasteiger partial charge in [0.1, 0.15) is 18.3 Å². The predicted molar refractivity (Wildman–Crippen MR) is 93.2 cm³/mol. The Morgan fingerprint density at radius 2 is 2.22 bits per heavy atom. The van der Waals surface area contributed by atoms with Crippen LogP contribution in [-0.2, 0) is 23.7 Å². The Labute approximate surface area is 154 Å². The summed E-state index contributed by atoms with van der Waals surface area (Å²) in [6.07, 6.45) is 0.265. The van der Waals surface area contributed by atoms with Crippen molar-refractivity contribution in [1.29, 1.82) is 0 Å². The molecule has 0 aliphatic carbocycles. The van der Waals surface area contributed by atoms with Gasteiger partial charge in [0.05, 0.1) is 38.8 Å². The van der Waals surface area contributed by atoms with Gasteiger partial charge in [-0.25, -0.2) is 4.98 Å². The number of aromatic nitrogens is 4. The predicted octanol–water partition coefficient (Wildman–Crippen LogP) is -0.565. The second-order valence-electron chi connectivity index (χ2n) is 6.54. The molecule has 0 bridgehead atoms. The molecule has 148 valence electrons. The Bertz CT molecular complexity index is 853. The van der Waals surface area contributed by atoms with Crippen molar-refractivity contribution in [1.82, 2.24) is 19.5 Å². The van der Waals surface area contributed by atoms with Gasteiger partial charge in [-0.3, -0.25) is 9.78 Å². The zero-order valence-electron chi connectivity index (χ0n) is 15.2. The van der Waals surface area contributed by atoms with Crippen LogP contribution in [0.1, 0.15) is 13.0 Å². The maximum Gasteiger partial charge on any atom is 0.280 e. The number of nitrogens with one attached hydrogen (secondary N) is 1. The second-order valence-corrected chi connectivity index (χ2v) is 6.54. The number of fused-ring (bicyclic) bond motifs is 2. The van der Waals surface area contributed by atoms with E-state index in [9.17, 15) is 4.79 Å². The first-order valence-corrected chi connectivity index (χ1v) is 8.80. The SMILES string of the molecule is COCCOC1C2OC(C)OCC2OCC1n1cnc2c(=O)[nH]c(N)nc21. The summed E-state index contributed by atoms with van der Waals surface area (Å²) in [4.78, 5) is 23.0. The van der Waals surface area contributed by atoms with E-state index in [4.69, 9.17) is 29.4 Å². The molecule has 4 heterocycles. The molecule has 0 amide bonds.